The summed E-state index contributed by atoms with van der Waals surface area (Å²) < 4.78 is 5.35. The van der Waals surface area contributed by atoms with Gasteiger partial charge in [-0.05, 0) is 32.1 Å². The van der Waals surface area contributed by atoms with Crippen molar-refractivity contribution in [3.8, 4) is 0 Å². The Morgan fingerprint density at radius 2 is 2.31 bits per heavy atom. The molecule has 1 atom stereocenters. The number of rotatable bonds is 5. The van der Waals surface area contributed by atoms with E-state index in [1.54, 1.807) is 0 Å². The summed E-state index contributed by atoms with van der Waals surface area (Å²) in [7, 11) is 0. The Morgan fingerprint density at radius 1 is 1.44 bits per heavy atom. The van der Waals surface area contributed by atoms with Crippen LogP contribution in [0.5, 0.6) is 0 Å². The van der Waals surface area contributed by atoms with Crippen molar-refractivity contribution in [1.29, 1.82) is 0 Å². The highest BCUT2D eigenvalue weighted by atomic mass is 16.5. The summed E-state index contributed by atoms with van der Waals surface area (Å²) in [6, 6.07) is 0. The van der Waals surface area contributed by atoms with Gasteiger partial charge in [0.1, 0.15) is 5.82 Å². The average Bonchev–Trinajstić information content (AvgIpc) is 2.70. The van der Waals surface area contributed by atoms with Gasteiger partial charge in [0.2, 0.25) is 0 Å². The van der Waals surface area contributed by atoms with Crippen LogP contribution in [0.25, 0.3) is 0 Å². The van der Waals surface area contributed by atoms with Gasteiger partial charge in [0.05, 0.1) is 12.3 Å². The smallest absolute Gasteiger partial charge is 0.108 e. The van der Waals surface area contributed by atoms with Crippen LogP contribution in [0.15, 0.2) is 0 Å². The minimum absolute atomic E-state index is 0.778. The van der Waals surface area contributed by atoms with Crippen LogP contribution in [0.4, 0.5) is 0 Å². The summed E-state index contributed by atoms with van der Waals surface area (Å²) in [6.45, 7) is 5.87. The lowest BCUT2D eigenvalue weighted by Crippen LogP contribution is -2.12. The number of aromatic nitrogens is 2. The SMILES string of the molecule is CCOCCc1nc2c([nH]1)CC(CC)CC2. The molecule has 16 heavy (non-hydrogen) atoms. The summed E-state index contributed by atoms with van der Waals surface area (Å²) in [6.07, 6.45) is 5.84. The van der Waals surface area contributed by atoms with E-state index in [2.05, 4.69) is 16.9 Å². The first kappa shape index (κ1) is 11.6. The molecule has 1 heterocycles. The molecule has 2 rings (SSSR count). The maximum Gasteiger partial charge on any atom is 0.108 e. The fourth-order valence-electron chi connectivity index (χ4n) is 2.39. The normalized spacial score (nSPS) is 19.8. The van der Waals surface area contributed by atoms with E-state index in [4.69, 9.17) is 4.74 Å². The number of aryl methyl sites for hydroxylation is 1. The van der Waals surface area contributed by atoms with Crippen LogP contribution in [-0.2, 0) is 24.0 Å². The van der Waals surface area contributed by atoms with Gasteiger partial charge in [-0.2, -0.15) is 0 Å². The quantitative estimate of drug-likeness (QED) is 0.777. The van der Waals surface area contributed by atoms with Crippen LogP contribution in [0.3, 0.4) is 0 Å². The van der Waals surface area contributed by atoms with E-state index in [-0.39, 0.29) is 0 Å². The van der Waals surface area contributed by atoms with Crippen LogP contribution in [0.1, 0.15) is 43.9 Å². The standard InChI is InChI=1S/C13H22N2O/c1-3-10-5-6-11-12(9-10)15-13(14-11)7-8-16-4-2/h10H,3-9H2,1-2H3,(H,14,15). The number of H-pyrrole nitrogens is 1. The molecule has 3 heteroatoms. The van der Waals surface area contributed by atoms with Crippen molar-refractivity contribution in [3.05, 3.63) is 17.2 Å². The first-order valence-electron chi connectivity index (χ1n) is 6.47. The van der Waals surface area contributed by atoms with Crippen LogP contribution < -0.4 is 0 Å². The van der Waals surface area contributed by atoms with Crippen molar-refractivity contribution >= 4 is 0 Å². The third kappa shape index (κ3) is 2.64. The Balaban J connectivity index is 1.95. The zero-order chi connectivity index (χ0) is 11.4. The molecule has 0 radical (unpaired) electrons. The number of hydrogen-bond acceptors (Lipinski definition) is 2. The molecule has 0 aliphatic heterocycles. The largest absolute Gasteiger partial charge is 0.381 e. The van der Waals surface area contributed by atoms with Crippen LogP contribution >= 0.6 is 0 Å². The van der Waals surface area contributed by atoms with E-state index in [9.17, 15) is 0 Å². The number of aromatic amines is 1. The second-order valence-corrected chi connectivity index (χ2v) is 4.57. The molecule has 1 aromatic rings. The molecule has 90 valence electrons. The Bertz CT molecular complexity index is 333. The van der Waals surface area contributed by atoms with Crippen LogP contribution in [-0.4, -0.2) is 23.2 Å². The van der Waals surface area contributed by atoms with Gasteiger partial charge in [0.25, 0.3) is 0 Å². The predicted molar refractivity (Wildman–Crippen MR) is 64.6 cm³/mol. The highest BCUT2D eigenvalue weighted by Gasteiger charge is 2.20. The van der Waals surface area contributed by atoms with Crippen molar-refractivity contribution in [2.75, 3.05) is 13.2 Å². The van der Waals surface area contributed by atoms with Gasteiger partial charge < -0.3 is 9.72 Å². The Labute approximate surface area is 97.6 Å². The lowest BCUT2D eigenvalue weighted by atomic mass is 9.88. The van der Waals surface area contributed by atoms with Crippen molar-refractivity contribution in [3.63, 3.8) is 0 Å². The highest BCUT2D eigenvalue weighted by molar-refractivity contribution is 5.18. The van der Waals surface area contributed by atoms with Gasteiger partial charge >= 0.3 is 0 Å². The maximum atomic E-state index is 5.35. The van der Waals surface area contributed by atoms with Crippen LogP contribution in [0, 0.1) is 5.92 Å². The fraction of sp³-hybridized carbons (Fsp3) is 0.769. The summed E-state index contributed by atoms with van der Waals surface area (Å²) in [4.78, 5) is 8.12. The lowest BCUT2D eigenvalue weighted by molar-refractivity contribution is 0.149. The van der Waals surface area contributed by atoms with Crippen LogP contribution in [0.2, 0.25) is 0 Å². The lowest BCUT2D eigenvalue weighted by Gasteiger charge is -2.19. The number of nitrogens with zero attached hydrogens (tertiary/aromatic N) is 1. The molecule has 0 saturated carbocycles. The molecule has 1 aliphatic rings. The molecule has 3 nitrogen and oxygen atoms in total. The number of ether oxygens (including phenoxy) is 1. The monoisotopic (exact) mass is 222 g/mol. The number of fused-ring (bicyclic) bond motifs is 1. The predicted octanol–water partition coefficient (Wildman–Crippen LogP) is 2.50. The van der Waals surface area contributed by atoms with Crippen molar-refractivity contribution in [2.24, 2.45) is 5.92 Å². The van der Waals surface area contributed by atoms with Crippen molar-refractivity contribution in [1.82, 2.24) is 9.97 Å². The van der Waals surface area contributed by atoms with Gasteiger partial charge in [0, 0.05) is 18.7 Å². The fourth-order valence-corrected chi connectivity index (χ4v) is 2.39. The number of imidazole rings is 1. The second kappa shape index (κ2) is 5.48. The molecule has 1 N–H and O–H groups in total. The first-order chi connectivity index (χ1) is 7.83. The molecule has 0 spiro atoms. The number of nitrogens with one attached hydrogen (secondary N) is 1. The third-order valence-corrected chi connectivity index (χ3v) is 3.46. The van der Waals surface area contributed by atoms with Crippen molar-refractivity contribution in [2.45, 2.75) is 46.0 Å². The van der Waals surface area contributed by atoms with Crippen molar-refractivity contribution < 1.29 is 4.74 Å². The molecule has 0 aromatic carbocycles. The molecular weight excluding hydrogens is 200 g/mol. The summed E-state index contributed by atoms with van der Waals surface area (Å²) in [5.74, 6) is 1.96. The van der Waals surface area contributed by atoms with E-state index in [0.717, 1.165) is 37.8 Å². The zero-order valence-electron chi connectivity index (χ0n) is 10.4. The Morgan fingerprint density at radius 3 is 3.06 bits per heavy atom. The first-order valence-corrected chi connectivity index (χ1v) is 6.47. The highest BCUT2D eigenvalue weighted by Crippen LogP contribution is 2.25. The maximum absolute atomic E-state index is 5.35. The van der Waals surface area contributed by atoms with Gasteiger partial charge in [-0.3, -0.25) is 0 Å². The molecular formula is C13H22N2O. The topological polar surface area (TPSA) is 37.9 Å². The molecule has 0 amide bonds. The van der Waals surface area contributed by atoms with Gasteiger partial charge in [0.15, 0.2) is 0 Å². The summed E-state index contributed by atoms with van der Waals surface area (Å²) >= 11 is 0. The van der Waals surface area contributed by atoms with E-state index in [1.807, 2.05) is 6.92 Å². The van der Waals surface area contributed by atoms with E-state index < -0.39 is 0 Å². The zero-order valence-corrected chi connectivity index (χ0v) is 10.4. The van der Waals surface area contributed by atoms with Gasteiger partial charge in [-0.25, -0.2) is 4.98 Å². The minimum Gasteiger partial charge on any atom is -0.381 e. The van der Waals surface area contributed by atoms with Gasteiger partial charge in [-0.15, -0.1) is 0 Å². The molecule has 1 unspecified atom stereocenters. The molecule has 0 saturated heterocycles. The summed E-state index contributed by atoms with van der Waals surface area (Å²) in [5.41, 5.74) is 2.68. The second-order valence-electron chi connectivity index (χ2n) is 4.57. The Kier molecular flexibility index (Phi) is 3.99. The third-order valence-electron chi connectivity index (χ3n) is 3.46. The number of hydrogen-bond donors (Lipinski definition) is 1. The molecule has 0 bridgehead atoms. The summed E-state index contributed by atoms with van der Waals surface area (Å²) in [5, 5.41) is 0. The average molecular weight is 222 g/mol. The molecule has 1 aromatic heterocycles. The Hall–Kier alpha value is -0.830. The molecule has 0 fully saturated rings. The van der Waals surface area contributed by atoms with E-state index in [0.29, 0.717) is 0 Å². The molecule has 1 aliphatic carbocycles. The van der Waals surface area contributed by atoms with Gasteiger partial charge in [-0.1, -0.05) is 13.3 Å². The van der Waals surface area contributed by atoms with E-state index in [1.165, 1.54) is 30.7 Å². The van der Waals surface area contributed by atoms with E-state index >= 15 is 0 Å². The minimum atomic E-state index is 0.778.